The predicted octanol–water partition coefficient (Wildman–Crippen LogP) is 3.60. The summed E-state index contributed by atoms with van der Waals surface area (Å²) in [7, 11) is 0. The highest BCUT2D eigenvalue weighted by Crippen LogP contribution is 2.25. The molecule has 2 N–H and O–H groups in total. The molecule has 172 valence electrons. The third-order valence-corrected chi connectivity index (χ3v) is 6.25. The smallest absolute Gasteiger partial charge is 0.256 e. The van der Waals surface area contributed by atoms with E-state index in [9.17, 15) is 9.59 Å². The third kappa shape index (κ3) is 5.80. The number of carbonyl (C=O) groups excluding carboxylic acids is 2. The van der Waals surface area contributed by atoms with E-state index in [0.29, 0.717) is 34.4 Å². The molecular weight excluding hydrogens is 438 g/mol. The van der Waals surface area contributed by atoms with Gasteiger partial charge in [0, 0.05) is 24.8 Å². The molecule has 8 nitrogen and oxygen atoms in total. The van der Waals surface area contributed by atoms with Gasteiger partial charge in [0.05, 0.1) is 24.1 Å². The molecule has 4 rings (SSSR count). The Bertz CT molecular complexity index is 1100. The zero-order valence-electron chi connectivity index (χ0n) is 18.7. The van der Waals surface area contributed by atoms with Crippen molar-refractivity contribution in [2.75, 3.05) is 31.2 Å². The van der Waals surface area contributed by atoms with Crippen LogP contribution in [-0.2, 0) is 4.79 Å². The minimum atomic E-state index is -0.164. The molecule has 0 spiro atoms. The summed E-state index contributed by atoms with van der Waals surface area (Å²) in [4.78, 5) is 36.5. The van der Waals surface area contributed by atoms with Crippen LogP contribution in [0.15, 0.2) is 58.2 Å². The Morgan fingerprint density at radius 1 is 1.12 bits per heavy atom. The number of piperidine rings is 1. The number of carbonyl (C=O) groups is 2. The van der Waals surface area contributed by atoms with Crippen molar-refractivity contribution in [1.29, 1.82) is 0 Å². The van der Waals surface area contributed by atoms with E-state index in [1.165, 1.54) is 11.8 Å². The minimum Gasteiger partial charge on any atom is -0.461 e. The van der Waals surface area contributed by atoms with Crippen LogP contribution in [0, 0.1) is 6.92 Å². The fourth-order valence-corrected chi connectivity index (χ4v) is 4.51. The molecule has 0 radical (unpaired) electrons. The highest BCUT2D eigenvalue weighted by atomic mass is 32.2. The summed E-state index contributed by atoms with van der Waals surface area (Å²) in [6.07, 6.45) is 5.03. The lowest BCUT2D eigenvalue weighted by atomic mass is 10.0. The number of rotatable bonds is 7. The van der Waals surface area contributed by atoms with Crippen LogP contribution in [0.2, 0.25) is 0 Å². The van der Waals surface area contributed by atoms with Gasteiger partial charge in [-0.1, -0.05) is 18.2 Å². The summed E-state index contributed by atoms with van der Waals surface area (Å²) >= 11 is 1.41. The second kappa shape index (κ2) is 10.6. The highest BCUT2D eigenvalue weighted by molar-refractivity contribution is 7.98. The Labute approximate surface area is 197 Å². The molecule has 1 aromatic carbocycles. The Balaban J connectivity index is 1.32. The number of benzene rings is 1. The van der Waals surface area contributed by atoms with Crippen molar-refractivity contribution < 1.29 is 14.0 Å². The molecule has 1 fully saturated rings. The third-order valence-electron chi connectivity index (χ3n) is 5.57. The second-order valence-corrected chi connectivity index (χ2v) is 8.73. The van der Waals surface area contributed by atoms with Crippen molar-refractivity contribution in [3.8, 4) is 11.6 Å². The van der Waals surface area contributed by atoms with E-state index < -0.39 is 0 Å². The van der Waals surface area contributed by atoms with Gasteiger partial charge in [0.15, 0.2) is 11.6 Å². The van der Waals surface area contributed by atoms with Crippen LogP contribution in [-0.4, -0.2) is 58.6 Å². The summed E-state index contributed by atoms with van der Waals surface area (Å²) in [5, 5.41) is 6.68. The molecule has 1 aliphatic heterocycles. The Morgan fingerprint density at radius 3 is 2.55 bits per heavy atom. The van der Waals surface area contributed by atoms with Crippen molar-refractivity contribution in [2.45, 2.75) is 30.8 Å². The van der Waals surface area contributed by atoms with E-state index in [1.807, 2.05) is 43.5 Å². The standard InChI is InChI=1S/C24H27N5O3S/c1-16-21(24(33-2)28-22(25-16)19-9-6-14-32-19)23(31)27-18-10-12-29(13-11-18)15-20(30)26-17-7-4-3-5-8-17/h3-9,14,18H,10-13,15H2,1-2H3,(H,26,30)(H,27,31). The number of aromatic nitrogens is 2. The topological polar surface area (TPSA) is 100 Å². The Hall–Kier alpha value is -3.17. The molecule has 0 aliphatic carbocycles. The predicted molar refractivity (Wildman–Crippen MR) is 128 cm³/mol. The highest BCUT2D eigenvalue weighted by Gasteiger charge is 2.25. The van der Waals surface area contributed by atoms with Crippen LogP contribution in [0.3, 0.4) is 0 Å². The first-order chi connectivity index (χ1) is 16.0. The van der Waals surface area contributed by atoms with Gasteiger partial charge in [-0.2, -0.15) is 0 Å². The van der Waals surface area contributed by atoms with Crippen LogP contribution in [0.25, 0.3) is 11.6 Å². The number of nitrogens with zero attached hydrogens (tertiary/aromatic N) is 3. The van der Waals surface area contributed by atoms with Crippen LogP contribution >= 0.6 is 11.8 Å². The molecular formula is C24H27N5O3S. The average molecular weight is 466 g/mol. The molecule has 0 saturated carbocycles. The molecule has 1 saturated heterocycles. The first-order valence-corrected chi connectivity index (χ1v) is 12.1. The number of nitrogens with one attached hydrogen (secondary N) is 2. The van der Waals surface area contributed by atoms with E-state index in [1.54, 1.807) is 18.4 Å². The molecule has 2 aromatic heterocycles. The van der Waals surface area contributed by atoms with Crippen molar-refractivity contribution >= 4 is 29.3 Å². The van der Waals surface area contributed by atoms with Gasteiger partial charge in [-0.05, 0) is 50.3 Å². The maximum absolute atomic E-state index is 13.1. The van der Waals surface area contributed by atoms with E-state index >= 15 is 0 Å². The van der Waals surface area contributed by atoms with Crippen molar-refractivity contribution in [1.82, 2.24) is 20.2 Å². The van der Waals surface area contributed by atoms with E-state index in [0.717, 1.165) is 31.6 Å². The van der Waals surface area contributed by atoms with Crippen LogP contribution < -0.4 is 10.6 Å². The zero-order chi connectivity index (χ0) is 23.2. The fraction of sp³-hybridized carbons (Fsp3) is 0.333. The quantitative estimate of drug-likeness (QED) is 0.406. The average Bonchev–Trinajstić information content (AvgIpc) is 3.35. The largest absolute Gasteiger partial charge is 0.461 e. The van der Waals surface area contributed by atoms with E-state index in [2.05, 4.69) is 25.5 Å². The maximum Gasteiger partial charge on any atom is 0.256 e. The molecule has 1 aliphatic rings. The Morgan fingerprint density at radius 2 is 1.88 bits per heavy atom. The zero-order valence-corrected chi connectivity index (χ0v) is 19.5. The van der Waals surface area contributed by atoms with Gasteiger partial charge in [0.2, 0.25) is 5.91 Å². The SMILES string of the molecule is CSc1nc(-c2ccco2)nc(C)c1C(=O)NC1CCN(CC(=O)Nc2ccccc2)CC1. The van der Waals surface area contributed by atoms with Crippen LogP contribution in [0.5, 0.6) is 0 Å². The fourth-order valence-electron chi connectivity index (χ4n) is 3.89. The van der Waals surface area contributed by atoms with Gasteiger partial charge in [0.25, 0.3) is 5.91 Å². The first kappa shape index (κ1) is 23.0. The van der Waals surface area contributed by atoms with Crippen LogP contribution in [0.4, 0.5) is 5.69 Å². The van der Waals surface area contributed by atoms with Gasteiger partial charge in [-0.25, -0.2) is 9.97 Å². The number of amides is 2. The van der Waals surface area contributed by atoms with Gasteiger partial charge >= 0.3 is 0 Å². The monoisotopic (exact) mass is 465 g/mol. The van der Waals surface area contributed by atoms with Crippen molar-refractivity contribution in [3.05, 3.63) is 60.0 Å². The van der Waals surface area contributed by atoms with Gasteiger partial charge < -0.3 is 15.1 Å². The van der Waals surface area contributed by atoms with Crippen molar-refractivity contribution in [3.63, 3.8) is 0 Å². The lowest BCUT2D eigenvalue weighted by Gasteiger charge is -2.32. The second-order valence-electron chi connectivity index (χ2n) is 7.93. The van der Waals surface area contributed by atoms with Gasteiger partial charge in [-0.3, -0.25) is 14.5 Å². The summed E-state index contributed by atoms with van der Waals surface area (Å²) in [5.41, 5.74) is 1.92. The number of para-hydroxylation sites is 1. The molecule has 0 atom stereocenters. The van der Waals surface area contributed by atoms with E-state index in [4.69, 9.17) is 4.42 Å². The number of likely N-dealkylation sites (tertiary alicyclic amines) is 1. The summed E-state index contributed by atoms with van der Waals surface area (Å²) in [6.45, 7) is 3.65. The number of furan rings is 1. The lowest BCUT2D eigenvalue weighted by Crippen LogP contribution is -2.46. The number of hydrogen-bond donors (Lipinski definition) is 2. The van der Waals surface area contributed by atoms with Gasteiger partial charge in [-0.15, -0.1) is 11.8 Å². The number of aryl methyl sites for hydroxylation is 1. The summed E-state index contributed by atoms with van der Waals surface area (Å²) in [6, 6.07) is 13.1. The molecule has 3 heterocycles. The first-order valence-electron chi connectivity index (χ1n) is 10.9. The molecule has 0 bridgehead atoms. The Kier molecular flexibility index (Phi) is 7.41. The number of thioether (sulfide) groups is 1. The normalized spacial score (nSPS) is 14.7. The minimum absolute atomic E-state index is 0.0299. The lowest BCUT2D eigenvalue weighted by molar-refractivity contribution is -0.117. The van der Waals surface area contributed by atoms with Crippen molar-refractivity contribution in [2.24, 2.45) is 0 Å². The number of anilines is 1. The molecule has 33 heavy (non-hydrogen) atoms. The summed E-state index contributed by atoms with van der Waals surface area (Å²) in [5.74, 6) is 0.852. The molecule has 9 heteroatoms. The summed E-state index contributed by atoms with van der Waals surface area (Å²) < 4.78 is 5.40. The van der Waals surface area contributed by atoms with Gasteiger partial charge in [0.1, 0.15) is 5.03 Å². The number of hydrogen-bond acceptors (Lipinski definition) is 7. The van der Waals surface area contributed by atoms with E-state index in [-0.39, 0.29) is 17.9 Å². The van der Waals surface area contributed by atoms with Crippen LogP contribution in [0.1, 0.15) is 28.9 Å². The molecule has 2 amide bonds. The maximum atomic E-state index is 13.1. The molecule has 3 aromatic rings. The molecule has 0 unspecified atom stereocenters.